The first-order chi connectivity index (χ1) is 22.3. The predicted molar refractivity (Wildman–Crippen MR) is 183 cm³/mol. The van der Waals surface area contributed by atoms with Gasteiger partial charge < -0.3 is 20.8 Å². The van der Waals surface area contributed by atoms with Gasteiger partial charge in [0, 0.05) is 17.4 Å². The number of imidazole rings is 1. The van der Waals surface area contributed by atoms with Crippen LogP contribution in [0, 0.1) is 29.1 Å². The third-order valence-corrected chi connectivity index (χ3v) is 12.1. The van der Waals surface area contributed by atoms with E-state index in [9.17, 15) is 9.59 Å². The van der Waals surface area contributed by atoms with Crippen molar-refractivity contribution < 1.29 is 14.3 Å². The Labute approximate surface area is 280 Å². The summed E-state index contributed by atoms with van der Waals surface area (Å²) in [5, 5.41) is 8.55. The lowest BCUT2D eigenvalue weighted by Gasteiger charge is -2.55. The maximum Gasteiger partial charge on any atom is 0.328 e. The summed E-state index contributed by atoms with van der Waals surface area (Å²) in [7, 11) is 0. The number of nitrogens with two attached hydrogens (primary N) is 2. The van der Waals surface area contributed by atoms with E-state index in [0.717, 1.165) is 30.4 Å². The van der Waals surface area contributed by atoms with E-state index in [0.29, 0.717) is 48.1 Å². The first-order valence-corrected chi connectivity index (χ1v) is 17.0. The van der Waals surface area contributed by atoms with Gasteiger partial charge in [0.2, 0.25) is 5.95 Å². The lowest BCUT2D eigenvalue weighted by molar-refractivity contribution is -0.169. The molecular weight excluding hydrogens is 615 g/mol. The highest BCUT2D eigenvalue weighted by Crippen LogP contribution is 2.61. The lowest BCUT2D eigenvalue weighted by atomic mass is 9.55. The van der Waals surface area contributed by atoms with E-state index >= 15 is 0 Å². The van der Waals surface area contributed by atoms with E-state index in [1.165, 1.54) is 4.68 Å². The molecule has 4 aromatic rings. The number of nitrogens with zero attached hydrogens (tertiary/aromatic N) is 7. The smallest absolute Gasteiger partial charge is 0.328 e. The Morgan fingerprint density at radius 2 is 1.91 bits per heavy atom. The number of nitrogen functional groups attached to an aromatic ring is 2. The average molecular weight is 660 g/mol. The Balaban J connectivity index is 1.17. The van der Waals surface area contributed by atoms with Gasteiger partial charge in [-0.2, -0.15) is 22.6 Å². The summed E-state index contributed by atoms with van der Waals surface area (Å²) in [5.74, 6) is 1.12. The van der Waals surface area contributed by atoms with E-state index < -0.39 is 22.2 Å². The molecule has 12 nitrogen and oxygen atoms in total. The van der Waals surface area contributed by atoms with Crippen LogP contribution in [0.5, 0.6) is 0 Å². The van der Waals surface area contributed by atoms with E-state index in [1.807, 2.05) is 28.8 Å². The summed E-state index contributed by atoms with van der Waals surface area (Å²) in [6.45, 7) is 11.4. The monoisotopic (exact) mass is 659 g/mol. The molecule has 2 aliphatic rings. The minimum atomic E-state index is -0.848. The number of anilines is 2. The van der Waals surface area contributed by atoms with Crippen LogP contribution in [-0.4, -0.2) is 57.1 Å². The molecule has 13 heteroatoms. The summed E-state index contributed by atoms with van der Waals surface area (Å²) in [6.07, 6.45) is 6.86. The minimum absolute atomic E-state index is 0.0816. The summed E-state index contributed by atoms with van der Waals surface area (Å²) >= 11 is 5.27. The van der Waals surface area contributed by atoms with Gasteiger partial charge in [0.15, 0.2) is 11.5 Å². The highest BCUT2D eigenvalue weighted by atomic mass is 32.1. The zero-order chi connectivity index (χ0) is 33.7. The molecule has 3 heterocycles. The van der Waals surface area contributed by atoms with Crippen molar-refractivity contribution in [3.63, 3.8) is 0 Å². The van der Waals surface area contributed by atoms with Crippen LogP contribution in [-0.2, 0) is 27.4 Å². The highest BCUT2D eigenvalue weighted by molar-refractivity contribution is 7.82. The predicted octanol–water partition coefficient (Wildman–Crippen LogP) is 4.98. The van der Waals surface area contributed by atoms with E-state index in [-0.39, 0.29) is 35.9 Å². The summed E-state index contributed by atoms with van der Waals surface area (Å²) in [6, 6.07) is 7.88. The molecule has 4 N–H and O–H groups in total. The number of thiol groups is 1. The molecule has 3 aromatic heterocycles. The normalized spacial score (nSPS) is 28.5. The summed E-state index contributed by atoms with van der Waals surface area (Å²) < 4.78 is 8.88. The number of carbonyl (C=O) groups is 2. The van der Waals surface area contributed by atoms with Crippen molar-refractivity contribution in [1.29, 1.82) is 0 Å². The van der Waals surface area contributed by atoms with E-state index in [4.69, 9.17) is 28.8 Å². The fourth-order valence-corrected chi connectivity index (χ4v) is 9.10. The summed E-state index contributed by atoms with van der Waals surface area (Å²) in [5.41, 5.74) is 14.7. The van der Waals surface area contributed by atoms with Gasteiger partial charge in [0.25, 0.3) is 0 Å². The number of fused-ring (bicyclic) bond motifs is 2. The first-order valence-electron chi connectivity index (χ1n) is 16.5. The SMILES string of the molecule is CCC(C)[C@@]1(C)C(OC(=O)Cn2cc(-c3ccc(Cn4cnc5c(N)nc(N)nc54)cc3)nn2)CC(C)CC(C)C2CCC(=O)C21S. The number of carbonyl (C=O) groups excluding carboxylic acids is 2. The Hall–Kier alpha value is -4.00. The molecule has 7 atom stereocenters. The number of rotatable bonds is 8. The number of Topliss-reactive ketones (excluding diaryl/α,β-unsaturated/α-hetero) is 1. The minimum Gasteiger partial charge on any atom is -0.460 e. The van der Waals surface area contributed by atoms with Crippen LogP contribution >= 0.6 is 12.6 Å². The number of hydrogen-bond donors (Lipinski definition) is 3. The van der Waals surface area contributed by atoms with Crippen molar-refractivity contribution in [2.75, 3.05) is 11.5 Å². The van der Waals surface area contributed by atoms with Gasteiger partial charge in [0.1, 0.15) is 29.6 Å². The van der Waals surface area contributed by atoms with Crippen molar-refractivity contribution in [3.05, 3.63) is 42.4 Å². The second kappa shape index (κ2) is 12.6. The zero-order valence-corrected chi connectivity index (χ0v) is 28.7. The third kappa shape index (κ3) is 5.76. The average Bonchev–Trinajstić information content (AvgIpc) is 3.74. The Kier molecular flexibility index (Phi) is 8.79. The Morgan fingerprint density at radius 1 is 1.17 bits per heavy atom. The van der Waals surface area contributed by atoms with Gasteiger partial charge in [-0.25, -0.2) is 9.67 Å². The second-order valence-electron chi connectivity index (χ2n) is 14.0. The quantitative estimate of drug-likeness (QED) is 0.173. The van der Waals surface area contributed by atoms with Gasteiger partial charge in [-0.05, 0) is 48.5 Å². The molecule has 6 rings (SSSR count). The standard InChI is InChI=1S/C34H45N9O3S/c1-6-21(4)33(5)27(14-19(2)13-20(3)24-11-12-26(44)34(24,33)47)46-28(45)17-43-16-25(40-41-43)23-9-7-22(8-10-23)15-42-18-37-29-30(35)38-32(36)39-31(29)42/h7-10,16,18-21,24,27,47H,6,11-15,17H2,1-5H3,(H4,35,36,38,39)/t19?,20?,21?,24?,27?,33-,34?/m0/s1. The first kappa shape index (κ1) is 32.9. The summed E-state index contributed by atoms with van der Waals surface area (Å²) in [4.78, 5) is 39.8. The molecule has 2 saturated carbocycles. The van der Waals surface area contributed by atoms with Crippen LogP contribution in [0.15, 0.2) is 36.8 Å². The van der Waals surface area contributed by atoms with Crippen LogP contribution in [0.25, 0.3) is 22.4 Å². The molecule has 0 amide bonds. The lowest BCUT2D eigenvalue weighted by Crippen LogP contribution is -2.62. The number of esters is 1. The molecular formula is C34H45N9O3S. The Morgan fingerprint density at radius 3 is 2.64 bits per heavy atom. The van der Waals surface area contributed by atoms with Crippen LogP contribution in [0.2, 0.25) is 0 Å². The van der Waals surface area contributed by atoms with Crippen LogP contribution in [0.1, 0.15) is 72.3 Å². The fraction of sp³-hybridized carbons (Fsp3) is 0.559. The molecule has 47 heavy (non-hydrogen) atoms. The molecule has 0 spiro atoms. The molecule has 2 aliphatic carbocycles. The molecule has 0 aliphatic heterocycles. The van der Waals surface area contributed by atoms with Crippen molar-refractivity contribution in [1.82, 2.24) is 34.5 Å². The molecule has 0 saturated heterocycles. The number of aromatic nitrogens is 7. The number of ether oxygens (including phenoxy) is 1. The topological polar surface area (TPSA) is 170 Å². The van der Waals surface area contributed by atoms with Crippen LogP contribution in [0.4, 0.5) is 11.8 Å². The molecule has 0 radical (unpaired) electrons. The molecule has 250 valence electrons. The number of hydrogen-bond acceptors (Lipinski definition) is 11. The van der Waals surface area contributed by atoms with Gasteiger partial charge in [0.05, 0.1) is 23.8 Å². The van der Waals surface area contributed by atoms with Crippen molar-refractivity contribution >= 4 is 47.3 Å². The van der Waals surface area contributed by atoms with Gasteiger partial charge in [-0.1, -0.05) is 70.5 Å². The van der Waals surface area contributed by atoms with E-state index in [2.05, 4.69) is 59.9 Å². The van der Waals surface area contributed by atoms with Crippen molar-refractivity contribution in [2.24, 2.45) is 29.1 Å². The van der Waals surface area contributed by atoms with Gasteiger partial charge in [-0.15, -0.1) is 5.10 Å². The second-order valence-corrected chi connectivity index (χ2v) is 14.7. The van der Waals surface area contributed by atoms with Crippen molar-refractivity contribution in [2.45, 2.75) is 90.7 Å². The molecule has 2 fully saturated rings. The van der Waals surface area contributed by atoms with Crippen molar-refractivity contribution in [3.8, 4) is 11.3 Å². The largest absolute Gasteiger partial charge is 0.460 e. The number of benzene rings is 1. The zero-order valence-electron chi connectivity index (χ0n) is 27.8. The highest BCUT2D eigenvalue weighted by Gasteiger charge is 2.65. The van der Waals surface area contributed by atoms with E-state index in [1.54, 1.807) is 12.5 Å². The number of ketones is 1. The Bertz CT molecular complexity index is 1790. The molecule has 6 unspecified atom stereocenters. The van der Waals surface area contributed by atoms with Gasteiger partial charge >= 0.3 is 5.97 Å². The maximum atomic E-state index is 13.6. The van der Waals surface area contributed by atoms with Gasteiger partial charge in [-0.3, -0.25) is 9.59 Å². The molecule has 0 bridgehead atoms. The molecule has 1 aromatic carbocycles. The van der Waals surface area contributed by atoms with Crippen LogP contribution in [0.3, 0.4) is 0 Å². The maximum absolute atomic E-state index is 13.6. The van der Waals surface area contributed by atoms with Crippen LogP contribution < -0.4 is 11.5 Å². The fourth-order valence-electron chi connectivity index (χ4n) is 8.24. The third-order valence-electron chi connectivity index (χ3n) is 11.1.